The topological polar surface area (TPSA) is 67.4 Å². The van der Waals surface area contributed by atoms with Gasteiger partial charge in [-0.1, -0.05) is 18.2 Å². The molecule has 3 rings (SSSR count). The molecular formula is C14H20N2O3S. The lowest BCUT2D eigenvalue weighted by Gasteiger charge is -2.50. The zero-order chi connectivity index (χ0) is 14.1. The van der Waals surface area contributed by atoms with E-state index >= 15 is 0 Å². The van der Waals surface area contributed by atoms with Gasteiger partial charge < -0.3 is 10.1 Å². The van der Waals surface area contributed by atoms with Crippen LogP contribution in [0.2, 0.25) is 0 Å². The normalized spacial score (nSPS) is 25.3. The molecule has 1 spiro atoms. The Hall–Kier alpha value is -0.950. The maximum absolute atomic E-state index is 12.1. The summed E-state index contributed by atoms with van der Waals surface area (Å²) >= 11 is 0. The molecule has 2 heterocycles. The van der Waals surface area contributed by atoms with Crippen molar-refractivity contribution in [3.05, 3.63) is 30.3 Å². The molecule has 0 aliphatic carbocycles. The van der Waals surface area contributed by atoms with E-state index in [9.17, 15) is 8.42 Å². The molecule has 2 aliphatic heterocycles. The van der Waals surface area contributed by atoms with Crippen molar-refractivity contribution in [3.63, 3.8) is 0 Å². The second-order valence-electron chi connectivity index (χ2n) is 5.54. The van der Waals surface area contributed by atoms with Crippen molar-refractivity contribution in [2.45, 2.75) is 35.9 Å². The number of sulfonamides is 1. The summed E-state index contributed by atoms with van der Waals surface area (Å²) in [6.45, 7) is 2.33. The molecule has 0 saturated carbocycles. The van der Waals surface area contributed by atoms with E-state index in [1.807, 2.05) is 0 Å². The molecule has 0 unspecified atom stereocenters. The third-order valence-corrected chi connectivity index (χ3v) is 5.53. The predicted octanol–water partition coefficient (Wildman–Crippen LogP) is 0.876. The lowest BCUT2D eigenvalue weighted by Crippen LogP contribution is -2.58. The Labute approximate surface area is 119 Å². The molecule has 0 amide bonds. The molecule has 2 fully saturated rings. The van der Waals surface area contributed by atoms with Crippen LogP contribution >= 0.6 is 0 Å². The largest absolute Gasteiger partial charge is 0.370 e. The SMILES string of the molecule is O=S(=O)(NC[C@H]1CC2(CCNCC2)O1)c1ccccc1. The predicted molar refractivity (Wildman–Crippen MR) is 76.0 cm³/mol. The van der Waals surface area contributed by atoms with Crippen molar-refractivity contribution in [1.29, 1.82) is 0 Å². The van der Waals surface area contributed by atoms with Gasteiger partial charge in [-0.2, -0.15) is 0 Å². The maximum atomic E-state index is 12.1. The van der Waals surface area contributed by atoms with Crippen LogP contribution in [0.1, 0.15) is 19.3 Å². The van der Waals surface area contributed by atoms with Crippen molar-refractivity contribution in [3.8, 4) is 0 Å². The van der Waals surface area contributed by atoms with Gasteiger partial charge in [0.2, 0.25) is 10.0 Å². The van der Waals surface area contributed by atoms with Crippen LogP contribution in [0.4, 0.5) is 0 Å². The first-order chi connectivity index (χ1) is 9.60. The van der Waals surface area contributed by atoms with Gasteiger partial charge in [0.1, 0.15) is 0 Å². The first-order valence-corrected chi connectivity index (χ1v) is 8.51. The van der Waals surface area contributed by atoms with Gasteiger partial charge >= 0.3 is 0 Å². The fourth-order valence-electron chi connectivity index (χ4n) is 2.96. The van der Waals surface area contributed by atoms with Crippen molar-refractivity contribution >= 4 is 10.0 Å². The second kappa shape index (κ2) is 5.44. The number of nitrogens with one attached hydrogen (secondary N) is 2. The van der Waals surface area contributed by atoms with Crippen molar-refractivity contribution in [1.82, 2.24) is 10.0 Å². The second-order valence-corrected chi connectivity index (χ2v) is 7.31. The van der Waals surface area contributed by atoms with Gasteiger partial charge in [0.25, 0.3) is 0 Å². The number of hydrogen-bond donors (Lipinski definition) is 2. The highest BCUT2D eigenvalue weighted by atomic mass is 32.2. The van der Waals surface area contributed by atoms with E-state index in [2.05, 4.69) is 10.0 Å². The van der Waals surface area contributed by atoms with Gasteiger partial charge in [-0.15, -0.1) is 0 Å². The number of benzene rings is 1. The minimum absolute atomic E-state index is 0.00610. The van der Waals surface area contributed by atoms with Crippen LogP contribution in [0.25, 0.3) is 0 Å². The van der Waals surface area contributed by atoms with Gasteiger partial charge in [-0.3, -0.25) is 0 Å². The van der Waals surface area contributed by atoms with E-state index in [0.29, 0.717) is 11.4 Å². The quantitative estimate of drug-likeness (QED) is 0.865. The highest BCUT2D eigenvalue weighted by Crippen LogP contribution is 2.39. The summed E-state index contributed by atoms with van der Waals surface area (Å²) in [5, 5.41) is 3.31. The van der Waals surface area contributed by atoms with E-state index < -0.39 is 10.0 Å². The van der Waals surface area contributed by atoms with Gasteiger partial charge in [-0.05, 0) is 38.1 Å². The first kappa shape index (κ1) is 14.0. The fourth-order valence-corrected chi connectivity index (χ4v) is 4.05. The molecule has 1 aromatic carbocycles. The van der Waals surface area contributed by atoms with Crippen LogP contribution in [0.15, 0.2) is 35.2 Å². The number of hydrogen-bond acceptors (Lipinski definition) is 4. The number of ether oxygens (including phenoxy) is 1. The molecule has 20 heavy (non-hydrogen) atoms. The summed E-state index contributed by atoms with van der Waals surface area (Å²) in [6.07, 6.45) is 3.00. The lowest BCUT2D eigenvalue weighted by molar-refractivity contribution is -0.213. The Morgan fingerprint density at radius 2 is 1.90 bits per heavy atom. The van der Waals surface area contributed by atoms with Crippen molar-refractivity contribution in [2.24, 2.45) is 0 Å². The lowest BCUT2D eigenvalue weighted by atomic mass is 9.81. The van der Waals surface area contributed by atoms with E-state index in [4.69, 9.17) is 4.74 Å². The summed E-state index contributed by atoms with van der Waals surface area (Å²) < 4.78 is 32.7. The molecule has 6 heteroatoms. The molecule has 0 radical (unpaired) electrons. The molecule has 0 bridgehead atoms. The van der Waals surface area contributed by atoms with Gasteiger partial charge in [0.05, 0.1) is 16.6 Å². The highest BCUT2D eigenvalue weighted by Gasteiger charge is 2.45. The Kier molecular flexibility index (Phi) is 3.81. The molecule has 5 nitrogen and oxygen atoms in total. The Balaban J connectivity index is 1.51. The molecule has 1 aromatic rings. The molecule has 2 saturated heterocycles. The molecule has 1 atom stereocenters. The fraction of sp³-hybridized carbons (Fsp3) is 0.571. The van der Waals surface area contributed by atoms with E-state index in [0.717, 1.165) is 32.4 Å². The molecule has 2 aliphatic rings. The van der Waals surface area contributed by atoms with Crippen molar-refractivity contribution < 1.29 is 13.2 Å². The van der Waals surface area contributed by atoms with Gasteiger partial charge in [0.15, 0.2) is 0 Å². The molecular weight excluding hydrogens is 276 g/mol. The van der Waals surface area contributed by atoms with E-state index in [1.165, 1.54) is 0 Å². The van der Waals surface area contributed by atoms with Crippen LogP contribution in [0, 0.1) is 0 Å². The minimum Gasteiger partial charge on any atom is -0.370 e. The smallest absolute Gasteiger partial charge is 0.240 e. The summed E-state index contributed by atoms with van der Waals surface area (Å²) in [6, 6.07) is 8.43. The monoisotopic (exact) mass is 296 g/mol. The molecule has 2 N–H and O–H groups in total. The third kappa shape index (κ3) is 2.88. The van der Waals surface area contributed by atoms with Crippen LogP contribution in [-0.4, -0.2) is 39.8 Å². The standard InChI is InChI=1S/C14H20N2O3S/c17-20(18,13-4-2-1-3-5-13)16-11-12-10-14(19-12)6-8-15-9-7-14/h1-5,12,15-16H,6-11H2/t12-/m1/s1. The Morgan fingerprint density at radius 1 is 1.25 bits per heavy atom. The first-order valence-electron chi connectivity index (χ1n) is 7.03. The average Bonchev–Trinajstić information content (AvgIpc) is 2.45. The summed E-state index contributed by atoms with van der Waals surface area (Å²) in [7, 11) is -3.42. The summed E-state index contributed by atoms with van der Waals surface area (Å²) in [4.78, 5) is 0.302. The Bertz CT molecular complexity index is 545. The molecule has 0 aromatic heterocycles. The highest BCUT2D eigenvalue weighted by molar-refractivity contribution is 7.89. The van der Waals surface area contributed by atoms with Gasteiger partial charge in [0, 0.05) is 13.0 Å². The zero-order valence-electron chi connectivity index (χ0n) is 11.3. The Morgan fingerprint density at radius 3 is 2.55 bits per heavy atom. The molecule has 110 valence electrons. The van der Waals surface area contributed by atoms with Crippen LogP contribution < -0.4 is 10.0 Å². The minimum atomic E-state index is -3.42. The van der Waals surface area contributed by atoms with E-state index in [1.54, 1.807) is 30.3 Å². The third-order valence-electron chi connectivity index (χ3n) is 4.09. The van der Waals surface area contributed by atoms with Gasteiger partial charge in [-0.25, -0.2) is 13.1 Å². The number of rotatable bonds is 4. The van der Waals surface area contributed by atoms with Crippen LogP contribution in [-0.2, 0) is 14.8 Å². The van der Waals surface area contributed by atoms with Crippen molar-refractivity contribution in [2.75, 3.05) is 19.6 Å². The summed E-state index contributed by atoms with van der Waals surface area (Å²) in [5.41, 5.74) is 0.00804. The maximum Gasteiger partial charge on any atom is 0.240 e. The number of piperidine rings is 1. The van der Waals surface area contributed by atoms with E-state index in [-0.39, 0.29) is 11.7 Å². The zero-order valence-corrected chi connectivity index (χ0v) is 12.2. The van der Waals surface area contributed by atoms with Crippen LogP contribution in [0.3, 0.4) is 0 Å². The van der Waals surface area contributed by atoms with Crippen LogP contribution in [0.5, 0.6) is 0 Å². The average molecular weight is 296 g/mol. The summed E-state index contributed by atoms with van der Waals surface area (Å²) in [5.74, 6) is 0.